The van der Waals surface area contributed by atoms with Crippen molar-refractivity contribution in [1.29, 1.82) is 0 Å². The van der Waals surface area contributed by atoms with Gasteiger partial charge in [-0.15, -0.1) is 0 Å². The smallest absolute Gasteiger partial charge is 0.350 e. The lowest BCUT2D eigenvalue weighted by atomic mass is 9.41. The zero-order valence-electron chi connectivity index (χ0n) is 51.2. The van der Waals surface area contributed by atoms with Gasteiger partial charge in [-0.25, -0.2) is 9.59 Å². The summed E-state index contributed by atoms with van der Waals surface area (Å²) >= 11 is 0. The number of aliphatic hydroxyl groups is 2. The lowest BCUT2D eigenvalue weighted by molar-refractivity contribution is -0.305. The van der Waals surface area contributed by atoms with Gasteiger partial charge in [-0.05, 0) is 93.3 Å². The van der Waals surface area contributed by atoms with Crippen molar-refractivity contribution in [2.24, 2.45) is 22.7 Å². The maximum Gasteiger partial charge on any atom is 0.350 e. The summed E-state index contributed by atoms with van der Waals surface area (Å²) in [5.74, 6) is -8.76. The number of ether oxygens (including phenoxy) is 5. The van der Waals surface area contributed by atoms with E-state index in [4.69, 9.17) is 23.7 Å². The zero-order valence-corrected chi connectivity index (χ0v) is 51.2. The van der Waals surface area contributed by atoms with Crippen molar-refractivity contribution >= 4 is 47.5 Å². The standard InChI is InChI=1S/C69H91NO16.CH4/c1-45-52(44-69(81)62(85-64(79)50-37-29-24-30-38-50)60-67(6,53(73)43-51-41-42-68(51,60)86-47(3)72)61(77)58(82-46(2)71)56(45)66(69,4)5)83-65(80)59(57(48-33-25-22-26-34-48)70-63(78)49-35-27-23-28-36-49)84-55(76)40-32-21-19-17-15-13-11-9-7-8-10-12-14-16-18-20-31-39-54(74)75;/h22-30,33-38,51-53,57-60,62,73,81H,7-21,31-32,39-44H2,1-6H3,(H,70,78)(H,74,75);1H4/p-1/t51-,52+,53+,57+,58-,59-,60+,62+,67-,68+,69-;/m1./s1. The number of carbonyl (C=O) groups excluding carboxylic acids is 8. The van der Waals surface area contributed by atoms with Crippen molar-refractivity contribution in [3.8, 4) is 0 Å². The van der Waals surface area contributed by atoms with Gasteiger partial charge in [-0.1, -0.05) is 184 Å². The lowest BCUT2D eigenvalue weighted by Gasteiger charge is -2.68. The van der Waals surface area contributed by atoms with E-state index in [-0.39, 0.29) is 55.4 Å². The molecule has 7 rings (SSSR count). The number of ketones is 1. The molecule has 3 aromatic rings. The number of benzene rings is 3. The Morgan fingerprint density at radius 3 is 1.64 bits per heavy atom. The molecule has 17 heteroatoms. The van der Waals surface area contributed by atoms with E-state index in [0.717, 1.165) is 64.7 Å². The number of hydrogen-bond donors (Lipinski definition) is 3. The normalized spacial score (nSPS) is 25.9. The van der Waals surface area contributed by atoms with E-state index in [2.05, 4.69) is 5.32 Å². The van der Waals surface area contributed by atoms with Crippen molar-refractivity contribution in [1.82, 2.24) is 5.32 Å². The number of amides is 1. The number of esters is 5. The number of fused-ring (bicyclic) bond motifs is 5. The highest BCUT2D eigenvalue weighted by molar-refractivity contribution is 5.96. The molecule has 3 saturated carbocycles. The molecule has 0 spiro atoms. The summed E-state index contributed by atoms with van der Waals surface area (Å²) in [5.41, 5.74) is -6.75. The Morgan fingerprint density at radius 1 is 0.667 bits per heavy atom. The first-order valence-electron chi connectivity index (χ1n) is 31.4. The summed E-state index contributed by atoms with van der Waals surface area (Å²) in [6.45, 7) is 8.57. The molecular weight excluding hydrogens is 1110 g/mol. The second-order valence-electron chi connectivity index (χ2n) is 25.1. The summed E-state index contributed by atoms with van der Waals surface area (Å²) < 4.78 is 31.6. The van der Waals surface area contributed by atoms with Crippen LogP contribution >= 0.6 is 0 Å². The molecule has 3 N–H and O–H groups in total. The minimum absolute atomic E-state index is 0. The third-order valence-corrected chi connectivity index (χ3v) is 19.1. The van der Waals surface area contributed by atoms with E-state index < -0.39 is 124 Å². The van der Waals surface area contributed by atoms with Crippen molar-refractivity contribution < 1.29 is 77.4 Å². The predicted molar refractivity (Wildman–Crippen MR) is 324 cm³/mol. The molecular formula is C70H94NO16-. The van der Waals surface area contributed by atoms with Crippen molar-refractivity contribution in [3.63, 3.8) is 0 Å². The highest BCUT2D eigenvalue weighted by Crippen LogP contribution is 2.67. The van der Waals surface area contributed by atoms with Crippen LogP contribution in [0.4, 0.5) is 0 Å². The van der Waals surface area contributed by atoms with E-state index >= 15 is 9.59 Å². The van der Waals surface area contributed by atoms with Crippen molar-refractivity contribution in [3.05, 3.63) is 119 Å². The SMILES string of the molecule is C.CC(=O)O[C@H]1C(=O)[C@@]2(C)[C@H]([C@H](OC(=O)c3ccccc3)[C@]3(O)C[C@H](OC(=O)[C@H](OC(=O)CCCCCCCCCCCCCCCCCCCC(=O)[O-])[C@@H](NC(=O)c4ccccc4)c4ccccc4)C(C)=C1C3(C)C)[C@]1(OC(C)=O)CC[C@@H]1C[C@@H]2O. The maximum atomic E-state index is 15.9. The van der Waals surface area contributed by atoms with Gasteiger partial charge in [0.2, 0.25) is 6.10 Å². The van der Waals surface area contributed by atoms with Crippen LogP contribution in [0.2, 0.25) is 0 Å². The van der Waals surface area contributed by atoms with Crippen LogP contribution in [0.5, 0.6) is 0 Å². The van der Waals surface area contributed by atoms with Crippen LogP contribution in [0.15, 0.2) is 102 Å². The number of carbonyl (C=O) groups is 8. The van der Waals surface area contributed by atoms with Crippen LogP contribution in [0.3, 0.4) is 0 Å². The van der Waals surface area contributed by atoms with Crippen molar-refractivity contribution in [2.45, 2.75) is 244 Å². The Bertz CT molecular complexity index is 2850. The Labute approximate surface area is 514 Å². The molecule has 0 saturated heterocycles. The summed E-state index contributed by atoms with van der Waals surface area (Å²) in [6, 6.07) is 23.4. The molecule has 87 heavy (non-hydrogen) atoms. The van der Waals surface area contributed by atoms with E-state index in [1.165, 1.54) is 64.5 Å². The molecule has 0 aromatic heterocycles. The van der Waals surface area contributed by atoms with Gasteiger partial charge in [-0.3, -0.25) is 24.0 Å². The van der Waals surface area contributed by atoms with E-state index in [0.29, 0.717) is 24.8 Å². The molecule has 4 aliphatic carbocycles. The second kappa shape index (κ2) is 31.5. The molecule has 0 radical (unpaired) electrons. The highest BCUT2D eigenvalue weighted by atomic mass is 16.6. The second-order valence-corrected chi connectivity index (χ2v) is 25.1. The molecule has 0 heterocycles. The van der Waals surface area contributed by atoms with Crippen LogP contribution in [0.1, 0.15) is 229 Å². The average Bonchev–Trinajstić information content (AvgIpc) is 0.674. The molecule has 4 aliphatic rings. The average molecular weight is 1210 g/mol. The van der Waals surface area contributed by atoms with Gasteiger partial charge < -0.3 is 49.1 Å². The van der Waals surface area contributed by atoms with E-state index in [1.54, 1.807) is 99.6 Å². The van der Waals surface area contributed by atoms with Crippen LogP contribution < -0.4 is 10.4 Å². The fourth-order valence-corrected chi connectivity index (χ4v) is 14.2. The molecule has 1 amide bonds. The molecule has 11 atom stereocenters. The van der Waals surface area contributed by atoms with Gasteiger partial charge in [0.15, 0.2) is 11.9 Å². The number of nitrogens with one attached hydrogen (secondary N) is 1. The van der Waals surface area contributed by atoms with Crippen molar-refractivity contribution in [2.75, 3.05) is 0 Å². The van der Waals surface area contributed by atoms with Crippen LogP contribution in [0.25, 0.3) is 0 Å². The monoisotopic (exact) mass is 1200 g/mol. The summed E-state index contributed by atoms with van der Waals surface area (Å²) in [7, 11) is 0. The van der Waals surface area contributed by atoms with Gasteiger partial charge in [0.1, 0.15) is 29.5 Å². The number of rotatable bonds is 31. The van der Waals surface area contributed by atoms with E-state index in [9.17, 15) is 44.1 Å². The van der Waals surface area contributed by atoms with Gasteiger partial charge in [0.05, 0.1) is 23.0 Å². The fraction of sp³-hybridized carbons (Fsp3) is 0.600. The molecule has 17 nitrogen and oxygen atoms in total. The molecule has 2 bridgehead atoms. The third-order valence-electron chi connectivity index (χ3n) is 19.1. The van der Waals surface area contributed by atoms with Crippen LogP contribution in [-0.4, -0.2) is 99.4 Å². The Balaban J connectivity index is 0.0000121. The van der Waals surface area contributed by atoms with Crippen LogP contribution in [-0.2, 0) is 52.5 Å². The number of unbranched alkanes of at least 4 members (excludes halogenated alkanes) is 16. The molecule has 476 valence electrons. The predicted octanol–water partition coefficient (Wildman–Crippen LogP) is 11.1. The summed E-state index contributed by atoms with van der Waals surface area (Å²) in [5, 5.41) is 40.0. The number of Topliss-reactive ketones (excluding diaryl/α,β-unsaturated/α-hetero) is 1. The van der Waals surface area contributed by atoms with Gasteiger partial charge in [0, 0.05) is 49.6 Å². The molecule has 0 unspecified atom stereocenters. The molecule has 3 aromatic carbocycles. The largest absolute Gasteiger partial charge is 0.550 e. The van der Waals surface area contributed by atoms with Crippen LogP contribution in [0, 0.1) is 22.7 Å². The van der Waals surface area contributed by atoms with Gasteiger partial charge in [0.25, 0.3) is 5.91 Å². The fourth-order valence-electron chi connectivity index (χ4n) is 14.2. The zero-order chi connectivity index (χ0) is 62.2. The topological polar surface area (TPSA) is 258 Å². The maximum absolute atomic E-state index is 15.9. The first-order chi connectivity index (χ1) is 41.1. The minimum Gasteiger partial charge on any atom is -0.550 e. The number of aliphatic hydroxyl groups excluding tert-OH is 1. The quantitative estimate of drug-likeness (QED) is 0.0234. The Kier molecular flexibility index (Phi) is 25.1. The number of carboxylic acid groups (broad SMARTS) is 1. The highest BCUT2D eigenvalue weighted by Gasteiger charge is 2.77. The van der Waals surface area contributed by atoms with Gasteiger partial charge >= 0.3 is 29.8 Å². The number of aliphatic carboxylic acids is 1. The summed E-state index contributed by atoms with van der Waals surface area (Å²) in [6.07, 6.45) is 9.20. The number of hydrogen-bond acceptors (Lipinski definition) is 16. The number of carboxylic acids is 1. The lowest BCUT2D eigenvalue weighted by Crippen LogP contribution is -2.78. The first kappa shape index (κ1) is 69.4. The Morgan fingerprint density at radius 2 is 1.16 bits per heavy atom. The Hall–Kier alpha value is -6.72. The first-order valence-corrected chi connectivity index (χ1v) is 31.4. The third kappa shape index (κ3) is 16.3. The minimum atomic E-state index is -2.40. The van der Waals surface area contributed by atoms with Gasteiger partial charge in [-0.2, -0.15) is 0 Å². The van der Waals surface area contributed by atoms with E-state index in [1.807, 2.05) is 0 Å². The summed E-state index contributed by atoms with van der Waals surface area (Å²) in [4.78, 5) is 112. The molecule has 0 aliphatic heterocycles. The molecule has 3 fully saturated rings.